The van der Waals surface area contributed by atoms with Gasteiger partial charge in [-0.1, -0.05) is 29.3 Å². The van der Waals surface area contributed by atoms with E-state index in [0.717, 1.165) is 58.0 Å². The van der Waals surface area contributed by atoms with Gasteiger partial charge >= 0.3 is 0 Å². The number of hydrogen-bond acceptors (Lipinski definition) is 3. The van der Waals surface area contributed by atoms with Gasteiger partial charge in [-0.3, -0.25) is 4.90 Å². The maximum atomic E-state index is 6.34. The molecule has 1 aliphatic heterocycles. The molecule has 0 bridgehead atoms. The summed E-state index contributed by atoms with van der Waals surface area (Å²) in [5.74, 6) is 0. The highest BCUT2D eigenvalue weighted by molar-refractivity contribution is 6.43. The number of nitrogens with zero attached hydrogens (tertiary/aromatic N) is 2. The number of morpholine rings is 1. The Morgan fingerprint density at radius 1 is 1.08 bits per heavy atom. The summed E-state index contributed by atoms with van der Waals surface area (Å²) in [4.78, 5) is 2.46. The Morgan fingerprint density at radius 2 is 1.92 bits per heavy atom. The molecule has 2 heterocycles. The molecule has 0 amide bonds. The van der Waals surface area contributed by atoms with E-state index < -0.39 is 0 Å². The fourth-order valence-corrected chi connectivity index (χ4v) is 3.33. The van der Waals surface area contributed by atoms with Crippen LogP contribution >= 0.6 is 23.2 Å². The van der Waals surface area contributed by atoms with Crippen LogP contribution in [-0.2, 0) is 11.3 Å². The summed E-state index contributed by atoms with van der Waals surface area (Å²) in [6.45, 7) is 6.75. The maximum Gasteiger partial charge on any atom is 0.0832 e. The molecule has 130 valence electrons. The average molecular weight is 368 g/mol. The zero-order valence-electron chi connectivity index (χ0n) is 13.7. The molecule has 1 N–H and O–H groups in total. The van der Waals surface area contributed by atoms with E-state index in [-0.39, 0.29) is 0 Å². The van der Waals surface area contributed by atoms with Crippen LogP contribution in [0.4, 0.5) is 0 Å². The monoisotopic (exact) mass is 367 g/mol. The number of ether oxygens (including phenoxy) is 1. The van der Waals surface area contributed by atoms with Crippen molar-refractivity contribution in [2.24, 2.45) is 0 Å². The van der Waals surface area contributed by atoms with Crippen molar-refractivity contribution >= 4 is 23.2 Å². The van der Waals surface area contributed by atoms with Gasteiger partial charge in [0.25, 0.3) is 0 Å². The van der Waals surface area contributed by atoms with Crippen molar-refractivity contribution in [3.63, 3.8) is 0 Å². The van der Waals surface area contributed by atoms with Gasteiger partial charge in [-0.15, -0.1) is 0 Å². The minimum atomic E-state index is 0.576. The second kappa shape index (κ2) is 8.88. The van der Waals surface area contributed by atoms with Crippen LogP contribution in [0.25, 0.3) is 5.69 Å². The first-order valence-electron chi connectivity index (χ1n) is 8.37. The summed E-state index contributed by atoms with van der Waals surface area (Å²) >= 11 is 12.5. The molecule has 1 aromatic carbocycles. The van der Waals surface area contributed by atoms with E-state index >= 15 is 0 Å². The first kappa shape index (κ1) is 17.8. The van der Waals surface area contributed by atoms with Crippen molar-refractivity contribution in [2.45, 2.75) is 13.0 Å². The van der Waals surface area contributed by atoms with Crippen LogP contribution in [0, 0.1) is 0 Å². The lowest BCUT2D eigenvalue weighted by molar-refractivity contribution is 0.0374. The third kappa shape index (κ3) is 4.52. The van der Waals surface area contributed by atoms with Gasteiger partial charge < -0.3 is 14.6 Å². The predicted octanol–water partition coefficient (Wildman–Crippen LogP) is 3.60. The Morgan fingerprint density at radius 3 is 2.75 bits per heavy atom. The summed E-state index contributed by atoms with van der Waals surface area (Å²) in [6.07, 6.45) is 3.15. The van der Waals surface area contributed by atoms with Crippen molar-refractivity contribution < 1.29 is 4.74 Å². The van der Waals surface area contributed by atoms with Crippen molar-refractivity contribution in [3.05, 3.63) is 52.3 Å². The SMILES string of the molecule is Clc1cccc(-n2cccc2CNCCCN2CCOCC2)c1Cl. The Bertz CT molecular complexity index is 653. The molecular weight excluding hydrogens is 345 g/mol. The van der Waals surface area contributed by atoms with Gasteiger partial charge in [0.15, 0.2) is 0 Å². The lowest BCUT2D eigenvalue weighted by Crippen LogP contribution is -2.37. The van der Waals surface area contributed by atoms with Gasteiger partial charge in [0.1, 0.15) is 0 Å². The molecule has 1 aromatic heterocycles. The summed E-state index contributed by atoms with van der Waals surface area (Å²) in [7, 11) is 0. The van der Waals surface area contributed by atoms with Crippen LogP contribution < -0.4 is 5.32 Å². The number of halogens is 2. The average Bonchev–Trinajstić information content (AvgIpc) is 3.06. The topological polar surface area (TPSA) is 29.4 Å². The second-order valence-electron chi connectivity index (χ2n) is 5.93. The number of hydrogen-bond donors (Lipinski definition) is 1. The van der Waals surface area contributed by atoms with Crippen LogP contribution in [0.3, 0.4) is 0 Å². The largest absolute Gasteiger partial charge is 0.379 e. The highest BCUT2D eigenvalue weighted by atomic mass is 35.5. The molecule has 0 radical (unpaired) electrons. The third-order valence-electron chi connectivity index (χ3n) is 4.26. The van der Waals surface area contributed by atoms with E-state index in [1.807, 2.05) is 24.4 Å². The summed E-state index contributed by atoms with van der Waals surface area (Å²) in [5, 5.41) is 4.68. The Labute approximate surface area is 153 Å². The standard InChI is InChI=1S/C18H23Cl2N3O/c19-16-5-1-6-17(18(16)20)23-9-2-4-15(23)14-21-7-3-8-22-10-12-24-13-11-22/h1-2,4-6,9,21H,3,7-8,10-14H2. The number of nitrogens with one attached hydrogen (secondary N) is 1. The van der Waals surface area contributed by atoms with Crippen molar-refractivity contribution in [2.75, 3.05) is 39.4 Å². The molecule has 0 unspecified atom stereocenters. The van der Waals surface area contributed by atoms with E-state index in [4.69, 9.17) is 27.9 Å². The zero-order chi connectivity index (χ0) is 16.8. The highest BCUT2D eigenvalue weighted by Crippen LogP contribution is 2.29. The molecule has 0 saturated carbocycles. The molecule has 1 fully saturated rings. The normalized spacial score (nSPS) is 15.8. The fraction of sp³-hybridized carbons (Fsp3) is 0.444. The molecule has 0 atom stereocenters. The van der Waals surface area contributed by atoms with E-state index in [1.54, 1.807) is 6.07 Å². The van der Waals surface area contributed by atoms with Gasteiger partial charge in [0.2, 0.25) is 0 Å². The molecule has 2 aromatic rings. The first-order valence-corrected chi connectivity index (χ1v) is 9.13. The lowest BCUT2D eigenvalue weighted by atomic mass is 10.3. The van der Waals surface area contributed by atoms with Crippen LogP contribution in [-0.4, -0.2) is 48.9 Å². The number of aromatic nitrogens is 1. The molecular formula is C18H23Cl2N3O. The third-order valence-corrected chi connectivity index (χ3v) is 5.07. The zero-order valence-corrected chi connectivity index (χ0v) is 15.2. The quantitative estimate of drug-likeness (QED) is 0.758. The van der Waals surface area contributed by atoms with Crippen LogP contribution in [0.1, 0.15) is 12.1 Å². The minimum absolute atomic E-state index is 0.576. The van der Waals surface area contributed by atoms with E-state index in [0.29, 0.717) is 10.0 Å². The number of rotatable bonds is 7. The highest BCUT2D eigenvalue weighted by Gasteiger charge is 2.10. The fourth-order valence-electron chi connectivity index (χ4n) is 2.94. The van der Waals surface area contributed by atoms with Crippen molar-refractivity contribution in [3.8, 4) is 5.69 Å². The molecule has 24 heavy (non-hydrogen) atoms. The second-order valence-corrected chi connectivity index (χ2v) is 6.71. The maximum absolute atomic E-state index is 6.34. The van der Waals surface area contributed by atoms with Gasteiger partial charge in [-0.05, 0) is 43.8 Å². The van der Waals surface area contributed by atoms with Gasteiger partial charge in [-0.25, -0.2) is 0 Å². The smallest absolute Gasteiger partial charge is 0.0832 e. The minimum Gasteiger partial charge on any atom is -0.379 e. The molecule has 1 saturated heterocycles. The van der Waals surface area contributed by atoms with Gasteiger partial charge in [-0.2, -0.15) is 0 Å². The van der Waals surface area contributed by atoms with Crippen LogP contribution in [0.2, 0.25) is 10.0 Å². The molecule has 0 spiro atoms. The molecule has 3 rings (SSSR count). The number of benzene rings is 1. The Hall–Kier alpha value is -1.04. The first-order chi connectivity index (χ1) is 11.8. The Balaban J connectivity index is 1.50. The van der Waals surface area contributed by atoms with Crippen LogP contribution in [0.15, 0.2) is 36.5 Å². The molecule has 1 aliphatic rings. The summed E-state index contributed by atoms with van der Waals surface area (Å²) in [5.41, 5.74) is 2.09. The van der Waals surface area contributed by atoms with Gasteiger partial charge in [0.05, 0.1) is 28.9 Å². The van der Waals surface area contributed by atoms with E-state index in [2.05, 4.69) is 20.9 Å². The lowest BCUT2D eigenvalue weighted by Gasteiger charge is -2.26. The summed E-state index contributed by atoms with van der Waals surface area (Å²) in [6, 6.07) is 9.84. The van der Waals surface area contributed by atoms with E-state index in [9.17, 15) is 0 Å². The molecule has 6 heteroatoms. The van der Waals surface area contributed by atoms with Crippen molar-refractivity contribution in [1.29, 1.82) is 0 Å². The van der Waals surface area contributed by atoms with Gasteiger partial charge in [0, 0.05) is 31.5 Å². The summed E-state index contributed by atoms with van der Waals surface area (Å²) < 4.78 is 7.46. The predicted molar refractivity (Wildman–Crippen MR) is 99.4 cm³/mol. The van der Waals surface area contributed by atoms with E-state index in [1.165, 1.54) is 5.69 Å². The molecule has 0 aliphatic carbocycles. The Kier molecular flexibility index (Phi) is 6.58. The molecule has 4 nitrogen and oxygen atoms in total. The van der Waals surface area contributed by atoms with Crippen molar-refractivity contribution in [1.82, 2.24) is 14.8 Å². The van der Waals surface area contributed by atoms with Crippen LogP contribution in [0.5, 0.6) is 0 Å².